The number of rotatable bonds is 5. The van der Waals surface area contributed by atoms with Gasteiger partial charge in [-0.25, -0.2) is 4.79 Å². The normalized spacial score (nSPS) is 12.2. The van der Waals surface area contributed by atoms with Crippen molar-refractivity contribution in [3.8, 4) is 0 Å². The Morgan fingerprint density at radius 3 is 2.22 bits per heavy atom. The van der Waals surface area contributed by atoms with Crippen molar-refractivity contribution in [1.82, 2.24) is 5.32 Å². The molecule has 126 valence electrons. The fourth-order valence-electron chi connectivity index (χ4n) is 1.77. The van der Waals surface area contributed by atoms with E-state index in [1.165, 1.54) is 12.1 Å². The van der Waals surface area contributed by atoms with Crippen LogP contribution in [0, 0.1) is 0 Å². The van der Waals surface area contributed by atoms with E-state index >= 15 is 0 Å². The van der Waals surface area contributed by atoms with Crippen LogP contribution in [0.3, 0.4) is 0 Å². The van der Waals surface area contributed by atoms with E-state index in [1.54, 1.807) is 39.8 Å². The van der Waals surface area contributed by atoms with Crippen LogP contribution >= 0.6 is 0 Å². The molecule has 4 N–H and O–H groups in total. The van der Waals surface area contributed by atoms with Crippen molar-refractivity contribution in [3.63, 3.8) is 0 Å². The predicted octanol–water partition coefficient (Wildman–Crippen LogP) is 2.03. The van der Waals surface area contributed by atoms with Crippen LogP contribution < -0.4 is 16.4 Å². The van der Waals surface area contributed by atoms with Crippen molar-refractivity contribution in [1.29, 1.82) is 0 Å². The second kappa shape index (κ2) is 7.62. The van der Waals surface area contributed by atoms with Crippen LogP contribution in [-0.4, -0.2) is 29.6 Å². The third-order valence-corrected chi connectivity index (χ3v) is 2.71. The monoisotopic (exact) mass is 321 g/mol. The highest BCUT2D eigenvalue weighted by Gasteiger charge is 2.18. The fraction of sp³-hybridized carbons (Fsp3) is 0.438. The van der Waals surface area contributed by atoms with Crippen molar-refractivity contribution in [2.45, 2.75) is 45.8 Å². The molecule has 23 heavy (non-hydrogen) atoms. The summed E-state index contributed by atoms with van der Waals surface area (Å²) < 4.78 is 5.12. The summed E-state index contributed by atoms with van der Waals surface area (Å²) in [5.41, 5.74) is 5.46. The number of alkyl carbamates (subject to hydrolysis) is 1. The Kier molecular flexibility index (Phi) is 6.12. The molecule has 0 fully saturated rings. The van der Waals surface area contributed by atoms with E-state index in [9.17, 15) is 14.4 Å². The first-order valence-electron chi connectivity index (χ1n) is 7.26. The maximum atomic E-state index is 11.9. The molecule has 1 aromatic rings. The number of hydrogen-bond acceptors (Lipinski definition) is 4. The minimum Gasteiger partial charge on any atom is -0.444 e. The van der Waals surface area contributed by atoms with Gasteiger partial charge in [0.1, 0.15) is 5.60 Å². The maximum Gasteiger partial charge on any atom is 0.407 e. The lowest BCUT2D eigenvalue weighted by molar-refractivity contribution is -0.116. The lowest BCUT2D eigenvalue weighted by Gasteiger charge is -2.21. The zero-order valence-corrected chi connectivity index (χ0v) is 13.8. The van der Waals surface area contributed by atoms with Gasteiger partial charge in [0, 0.05) is 23.7 Å². The predicted molar refractivity (Wildman–Crippen MR) is 87.0 cm³/mol. The molecule has 0 aliphatic carbocycles. The first kappa shape index (κ1) is 18.5. The van der Waals surface area contributed by atoms with Gasteiger partial charge >= 0.3 is 6.09 Å². The number of benzene rings is 1. The first-order chi connectivity index (χ1) is 10.6. The number of hydrogen-bond donors (Lipinski definition) is 3. The van der Waals surface area contributed by atoms with Gasteiger partial charge in [0.25, 0.3) is 0 Å². The molecule has 0 bridgehead atoms. The summed E-state index contributed by atoms with van der Waals surface area (Å²) in [6.07, 6.45) is -0.472. The summed E-state index contributed by atoms with van der Waals surface area (Å²) in [5.74, 6) is -0.793. The van der Waals surface area contributed by atoms with Gasteiger partial charge in [-0.2, -0.15) is 0 Å². The molecule has 1 atom stereocenters. The Bertz CT molecular complexity index is 576. The van der Waals surface area contributed by atoms with E-state index in [0.29, 0.717) is 11.3 Å². The molecule has 0 aliphatic rings. The molecule has 7 nitrogen and oxygen atoms in total. The largest absolute Gasteiger partial charge is 0.444 e. The summed E-state index contributed by atoms with van der Waals surface area (Å²) in [7, 11) is 0. The Morgan fingerprint density at radius 1 is 1.17 bits per heavy atom. The van der Waals surface area contributed by atoms with E-state index in [2.05, 4.69) is 10.6 Å². The lowest BCUT2D eigenvalue weighted by atomic mass is 10.2. The average molecular weight is 321 g/mol. The highest BCUT2D eigenvalue weighted by Crippen LogP contribution is 2.10. The number of amides is 3. The minimum atomic E-state index is -0.589. The van der Waals surface area contributed by atoms with Crippen LogP contribution in [-0.2, 0) is 9.53 Å². The van der Waals surface area contributed by atoms with Gasteiger partial charge in [-0.15, -0.1) is 0 Å². The molecular weight excluding hydrogens is 298 g/mol. The van der Waals surface area contributed by atoms with Gasteiger partial charge in [0.05, 0.1) is 0 Å². The summed E-state index contributed by atoms with van der Waals surface area (Å²) in [5, 5.41) is 5.27. The summed E-state index contributed by atoms with van der Waals surface area (Å²) in [4.78, 5) is 34.5. The third-order valence-electron chi connectivity index (χ3n) is 2.71. The highest BCUT2D eigenvalue weighted by molar-refractivity contribution is 5.95. The smallest absolute Gasteiger partial charge is 0.407 e. The standard InChI is InChI=1S/C16H23N3O4/c1-10(18-15(22)23-16(2,3)4)9-13(20)19-12-7-5-11(6-8-12)14(17)21/h5-8,10H,9H2,1-4H3,(H2,17,21)(H,18,22)(H,19,20). The van der Waals surface area contributed by atoms with Gasteiger partial charge in [0.15, 0.2) is 0 Å². The zero-order chi connectivity index (χ0) is 17.6. The number of ether oxygens (including phenoxy) is 1. The average Bonchev–Trinajstić information content (AvgIpc) is 2.36. The quantitative estimate of drug-likeness (QED) is 0.770. The molecule has 1 aromatic carbocycles. The van der Waals surface area contributed by atoms with E-state index in [1.807, 2.05) is 0 Å². The molecular formula is C16H23N3O4. The third kappa shape index (κ3) is 7.30. The van der Waals surface area contributed by atoms with Gasteiger partial charge in [-0.05, 0) is 52.0 Å². The molecule has 3 amide bonds. The fourth-order valence-corrected chi connectivity index (χ4v) is 1.77. The van der Waals surface area contributed by atoms with E-state index in [0.717, 1.165) is 0 Å². The highest BCUT2D eigenvalue weighted by atomic mass is 16.6. The molecule has 0 saturated heterocycles. The van der Waals surface area contributed by atoms with Crippen molar-refractivity contribution < 1.29 is 19.1 Å². The number of anilines is 1. The Morgan fingerprint density at radius 2 is 1.74 bits per heavy atom. The van der Waals surface area contributed by atoms with Gasteiger partial charge in [0.2, 0.25) is 11.8 Å². The molecule has 0 saturated carbocycles. The van der Waals surface area contributed by atoms with E-state index < -0.39 is 17.6 Å². The number of carbonyl (C=O) groups excluding carboxylic acids is 3. The number of nitrogens with two attached hydrogens (primary N) is 1. The maximum absolute atomic E-state index is 11.9. The molecule has 7 heteroatoms. The number of primary amides is 1. The second-order valence-corrected chi connectivity index (χ2v) is 6.24. The van der Waals surface area contributed by atoms with E-state index in [-0.39, 0.29) is 18.4 Å². The van der Waals surface area contributed by atoms with Crippen LogP contribution in [0.4, 0.5) is 10.5 Å². The molecule has 0 radical (unpaired) electrons. The minimum absolute atomic E-state index is 0.0941. The van der Waals surface area contributed by atoms with Crippen LogP contribution in [0.25, 0.3) is 0 Å². The van der Waals surface area contributed by atoms with Crippen LogP contribution in [0.2, 0.25) is 0 Å². The first-order valence-corrected chi connectivity index (χ1v) is 7.26. The Balaban J connectivity index is 2.46. The molecule has 0 aliphatic heterocycles. The van der Waals surface area contributed by atoms with Crippen molar-refractivity contribution in [2.75, 3.05) is 5.32 Å². The Labute approximate surface area is 135 Å². The molecule has 0 heterocycles. The van der Waals surface area contributed by atoms with Crippen LogP contribution in [0.15, 0.2) is 24.3 Å². The lowest BCUT2D eigenvalue weighted by Crippen LogP contribution is -2.39. The van der Waals surface area contributed by atoms with Gasteiger partial charge < -0.3 is 21.1 Å². The molecule has 0 spiro atoms. The molecule has 0 aromatic heterocycles. The van der Waals surface area contributed by atoms with Crippen molar-refractivity contribution >= 4 is 23.6 Å². The summed E-state index contributed by atoms with van der Waals surface area (Å²) in [6.45, 7) is 7.00. The SMILES string of the molecule is CC(CC(=O)Nc1ccc(C(N)=O)cc1)NC(=O)OC(C)(C)C. The number of nitrogens with one attached hydrogen (secondary N) is 2. The van der Waals surface area contributed by atoms with Crippen LogP contribution in [0.5, 0.6) is 0 Å². The molecule has 1 unspecified atom stereocenters. The topological polar surface area (TPSA) is 111 Å². The van der Waals surface area contributed by atoms with Crippen LogP contribution in [0.1, 0.15) is 44.5 Å². The zero-order valence-electron chi connectivity index (χ0n) is 13.8. The van der Waals surface area contributed by atoms with Crippen molar-refractivity contribution in [2.24, 2.45) is 5.73 Å². The van der Waals surface area contributed by atoms with Gasteiger partial charge in [-0.3, -0.25) is 9.59 Å². The molecule has 1 rings (SSSR count). The van der Waals surface area contributed by atoms with Gasteiger partial charge in [-0.1, -0.05) is 0 Å². The summed E-state index contributed by atoms with van der Waals surface area (Å²) in [6, 6.07) is 5.85. The summed E-state index contributed by atoms with van der Waals surface area (Å²) >= 11 is 0. The van der Waals surface area contributed by atoms with E-state index in [4.69, 9.17) is 10.5 Å². The number of carbonyl (C=O) groups is 3. The second-order valence-electron chi connectivity index (χ2n) is 6.24. The van der Waals surface area contributed by atoms with Crippen molar-refractivity contribution in [3.05, 3.63) is 29.8 Å². The Hall–Kier alpha value is -2.57.